The van der Waals surface area contributed by atoms with Crippen molar-refractivity contribution in [3.05, 3.63) is 66.0 Å². The first kappa shape index (κ1) is 37.3. The van der Waals surface area contributed by atoms with Crippen molar-refractivity contribution in [2.24, 2.45) is 11.8 Å². The maximum atomic E-state index is 13.7. The number of hydrogen-bond acceptors (Lipinski definition) is 7. The molecule has 1 aliphatic carbocycles. The highest BCUT2D eigenvalue weighted by Gasteiger charge is 2.42. The van der Waals surface area contributed by atoms with E-state index in [-0.39, 0.29) is 23.8 Å². The Hall–Kier alpha value is -2.55. The molecule has 0 radical (unpaired) electrons. The maximum absolute atomic E-state index is 13.7. The number of halogens is 1. The number of sulfonamides is 1. The van der Waals surface area contributed by atoms with Crippen LogP contribution in [-0.2, 0) is 37.2 Å². The molecule has 7 atom stereocenters. The standard InChI is InChI=1S/C34H49FN4O6S2/c1-34(2,3)37-33(42)30-19-24-12-8-9-13-25(24)20-39(30)21-31(40)28(18-23-10-6-5-7-11-23)36-32(41)29(38-47(4,44)45)22-46(43)27-16-14-26(35)15-17-27/h5-7,10-11,14-17,24-25,28-31,38,40H,8-9,12-13,18-22H2,1-4H3,(H,36,41)(H,37,42)/t24-,25+,28-,29+,30-,31+,46?/m0/s1. The Balaban J connectivity index is 1.57. The summed E-state index contributed by atoms with van der Waals surface area (Å²) in [4.78, 5) is 29.6. The second-order valence-corrected chi connectivity index (χ2v) is 17.3. The molecule has 2 aromatic rings. The second-order valence-electron chi connectivity index (χ2n) is 14.0. The highest BCUT2D eigenvalue weighted by Crippen LogP contribution is 2.39. The highest BCUT2D eigenvalue weighted by molar-refractivity contribution is 7.91. The molecule has 2 aliphatic rings. The van der Waals surface area contributed by atoms with Gasteiger partial charge in [-0.3, -0.25) is 14.5 Å². The summed E-state index contributed by atoms with van der Waals surface area (Å²) in [5.41, 5.74) is 0.414. The summed E-state index contributed by atoms with van der Waals surface area (Å²) >= 11 is -1.84. The lowest BCUT2D eigenvalue weighted by Gasteiger charge is -2.47. The minimum atomic E-state index is -3.90. The number of nitrogens with one attached hydrogen (secondary N) is 3. The fourth-order valence-corrected chi connectivity index (χ4v) is 8.67. The van der Waals surface area contributed by atoms with Gasteiger partial charge in [0.25, 0.3) is 0 Å². The lowest BCUT2D eigenvalue weighted by atomic mass is 9.72. The molecule has 0 aromatic heterocycles. The molecule has 13 heteroatoms. The Kier molecular flexibility index (Phi) is 12.9. The van der Waals surface area contributed by atoms with Crippen LogP contribution in [0.15, 0.2) is 59.5 Å². The van der Waals surface area contributed by atoms with E-state index in [9.17, 15) is 32.1 Å². The van der Waals surface area contributed by atoms with Gasteiger partial charge in [0.2, 0.25) is 21.8 Å². The highest BCUT2D eigenvalue weighted by atomic mass is 32.2. The Morgan fingerprint density at radius 3 is 2.32 bits per heavy atom. The third-order valence-corrected chi connectivity index (χ3v) is 11.0. The zero-order chi connectivity index (χ0) is 34.4. The Morgan fingerprint density at radius 1 is 1.06 bits per heavy atom. The summed E-state index contributed by atoms with van der Waals surface area (Å²) in [5, 5.41) is 17.7. The normalized spacial score (nSPS) is 23.2. The molecule has 47 heavy (non-hydrogen) atoms. The van der Waals surface area contributed by atoms with Gasteiger partial charge in [-0.1, -0.05) is 49.6 Å². The van der Waals surface area contributed by atoms with E-state index in [2.05, 4.69) is 15.4 Å². The van der Waals surface area contributed by atoms with Crippen molar-refractivity contribution in [1.29, 1.82) is 0 Å². The zero-order valence-electron chi connectivity index (χ0n) is 27.7. The largest absolute Gasteiger partial charge is 0.611 e. The lowest BCUT2D eigenvalue weighted by molar-refractivity contribution is -0.133. The smallest absolute Gasteiger partial charge is 0.243 e. The van der Waals surface area contributed by atoms with Gasteiger partial charge < -0.3 is 20.3 Å². The van der Waals surface area contributed by atoms with Crippen molar-refractivity contribution >= 4 is 33.0 Å². The Morgan fingerprint density at radius 2 is 1.70 bits per heavy atom. The van der Waals surface area contributed by atoms with Crippen molar-refractivity contribution in [1.82, 2.24) is 20.3 Å². The average molecular weight is 693 g/mol. The van der Waals surface area contributed by atoms with Gasteiger partial charge in [-0.05, 0) is 92.9 Å². The number of carbonyl (C=O) groups excluding carboxylic acids is 2. The summed E-state index contributed by atoms with van der Waals surface area (Å²) in [7, 11) is -3.90. The van der Waals surface area contributed by atoms with E-state index in [0.29, 0.717) is 24.8 Å². The van der Waals surface area contributed by atoms with E-state index in [1.807, 2.05) is 56.0 Å². The predicted octanol–water partition coefficient (Wildman–Crippen LogP) is 2.73. The number of hydrogen-bond donors (Lipinski definition) is 4. The third-order valence-electron chi connectivity index (χ3n) is 8.88. The summed E-state index contributed by atoms with van der Waals surface area (Å²) < 4.78 is 53.4. The first-order chi connectivity index (χ1) is 22.1. The van der Waals surface area contributed by atoms with E-state index in [1.165, 1.54) is 12.1 Å². The van der Waals surface area contributed by atoms with Crippen molar-refractivity contribution in [3.63, 3.8) is 0 Å². The predicted molar refractivity (Wildman–Crippen MR) is 181 cm³/mol. The molecule has 1 unspecified atom stereocenters. The van der Waals surface area contributed by atoms with Gasteiger partial charge in [-0.2, -0.15) is 4.72 Å². The number of aliphatic hydroxyl groups excluding tert-OH is 1. The molecule has 2 amide bonds. The number of aliphatic hydroxyl groups is 1. The van der Waals surface area contributed by atoms with Crippen molar-refractivity contribution < 1.29 is 32.1 Å². The van der Waals surface area contributed by atoms with Gasteiger partial charge in [-0.15, -0.1) is 0 Å². The molecule has 260 valence electrons. The minimum Gasteiger partial charge on any atom is -0.611 e. The van der Waals surface area contributed by atoms with Gasteiger partial charge in [0.15, 0.2) is 4.90 Å². The van der Waals surface area contributed by atoms with Gasteiger partial charge >= 0.3 is 0 Å². The fraction of sp³-hybridized carbons (Fsp3) is 0.588. The fourth-order valence-electron chi connectivity index (χ4n) is 6.68. The summed E-state index contributed by atoms with van der Waals surface area (Å²) in [5.74, 6) is -0.892. The summed E-state index contributed by atoms with van der Waals surface area (Å²) in [6.45, 7) is 6.59. The zero-order valence-corrected chi connectivity index (χ0v) is 29.3. The van der Waals surface area contributed by atoms with Crippen LogP contribution in [0, 0.1) is 17.7 Å². The quantitative estimate of drug-likeness (QED) is 0.236. The van der Waals surface area contributed by atoms with Gasteiger partial charge in [0.05, 0.1) is 24.4 Å². The van der Waals surface area contributed by atoms with Crippen molar-refractivity contribution in [2.45, 2.75) is 94.0 Å². The van der Waals surface area contributed by atoms with Crippen LogP contribution in [-0.4, -0.2) is 89.7 Å². The number of benzene rings is 2. The van der Waals surface area contributed by atoms with Gasteiger partial charge in [0, 0.05) is 18.6 Å². The first-order valence-electron chi connectivity index (χ1n) is 16.3. The van der Waals surface area contributed by atoms with Crippen molar-refractivity contribution in [2.75, 3.05) is 25.1 Å². The van der Waals surface area contributed by atoms with E-state index >= 15 is 0 Å². The van der Waals surface area contributed by atoms with Crippen LogP contribution < -0.4 is 15.4 Å². The van der Waals surface area contributed by atoms with Crippen LogP contribution in [0.4, 0.5) is 4.39 Å². The van der Waals surface area contributed by atoms with Crippen LogP contribution in [0.3, 0.4) is 0 Å². The van der Waals surface area contributed by atoms with E-state index in [1.54, 1.807) is 0 Å². The molecule has 2 fully saturated rings. The number of amides is 2. The summed E-state index contributed by atoms with van der Waals surface area (Å²) in [6.07, 6.45) is 5.16. The average Bonchev–Trinajstić information content (AvgIpc) is 2.99. The maximum Gasteiger partial charge on any atom is 0.243 e. The molecular formula is C34H49FN4O6S2. The van der Waals surface area contributed by atoms with E-state index in [0.717, 1.165) is 49.6 Å². The van der Waals surface area contributed by atoms with Gasteiger partial charge in [-0.25, -0.2) is 12.8 Å². The number of β-amino-alcohol motifs (C(OH)–C–C–N with tert-alkyl or cyclic N) is 1. The Bertz CT molecular complexity index is 1440. The molecule has 4 N–H and O–H groups in total. The van der Waals surface area contributed by atoms with Crippen LogP contribution in [0.5, 0.6) is 0 Å². The molecular weight excluding hydrogens is 644 g/mol. The molecule has 1 heterocycles. The topological polar surface area (TPSA) is 151 Å². The molecule has 1 saturated heterocycles. The van der Waals surface area contributed by atoms with Crippen LogP contribution in [0.1, 0.15) is 58.4 Å². The Labute approximate surface area is 281 Å². The van der Waals surface area contributed by atoms with E-state index in [4.69, 9.17) is 0 Å². The molecule has 2 aromatic carbocycles. The lowest BCUT2D eigenvalue weighted by Crippen LogP contribution is -2.61. The number of piperidine rings is 1. The van der Waals surface area contributed by atoms with Crippen LogP contribution in [0.25, 0.3) is 0 Å². The SMILES string of the molecule is CC(C)(C)NC(=O)[C@@H]1C[C@@H]2CCCC[C@@H]2CN1C[C@@H](O)[C@H](Cc1ccccc1)NC(=O)[C@@H](C[S+]([O-])c1ccc(F)cc1)NS(C)(=O)=O. The monoisotopic (exact) mass is 692 g/mol. The van der Waals surface area contributed by atoms with Gasteiger partial charge in [0.1, 0.15) is 17.6 Å². The van der Waals surface area contributed by atoms with Crippen molar-refractivity contribution in [3.8, 4) is 0 Å². The second kappa shape index (κ2) is 16.2. The summed E-state index contributed by atoms with van der Waals surface area (Å²) in [6, 6.07) is 11.5. The number of rotatable bonds is 13. The molecule has 0 spiro atoms. The van der Waals surface area contributed by atoms with E-state index < -0.39 is 68.4 Å². The molecule has 0 bridgehead atoms. The molecule has 4 rings (SSSR count). The third kappa shape index (κ3) is 11.5. The number of carbonyl (C=O) groups is 2. The van der Waals surface area contributed by atoms with Crippen LogP contribution in [0.2, 0.25) is 0 Å². The number of likely N-dealkylation sites (tertiary alicyclic amines) is 1. The minimum absolute atomic E-state index is 0.0851. The molecule has 1 aliphatic heterocycles. The number of nitrogens with zero attached hydrogens (tertiary/aromatic N) is 1. The van der Waals surface area contributed by atoms with Crippen LogP contribution >= 0.6 is 0 Å². The molecule has 10 nitrogen and oxygen atoms in total. The number of fused-ring (bicyclic) bond motifs is 1. The first-order valence-corrected chi connectivity index (χ1v) is 19.5. The molecule has 1 saturated carbocycles.